The monoisotopic (exact) mass is 1090 g/mol. The van der Waals surface area contributed by atoms with Gasteiger partial charge in [0.05, 0.1) is 53.5 Å². The van der Waals surface area contributed by atoms with Gasteiger partial charge in [0.15, 0.2) is 23.2 Å². The van der Waals surface area contributed by atoms with Crippen LogP contribution in [0.2, 0.25) is 0 Å². The molecule has 6 aromatic rings. The van der Waals surface area contributed by atoms with Crippen LogP contribution in [0.5, 0.6) is 17.2 Å². The van der Waals surface area contributed by atoms with Gasteiger partial charge in [0.1, 0.15) is 47.3 Å². The van der Waals surface area contributed by atoms with Crippen LogP contribution in [0.1, 0.15) is 87.7 Å². The van der Waals surface area contributed by atoms with Crippen LogP contribution in [0.15, 0.2) is 114 Å². The number of nitrogens with one attached hydrogen (secondary N) is 1. The summed E-state index contributed by atoms with van der Waals surface area (Å²) in [5.41, 5.74) is 6.30. The van der Waals surface area contributed by atoms with Crippen molar-refractivity contribution in [3.8, 4) is 17.2 Å². The maximum atomic E-state index is 16.6. The number of methoxy groups -OCH3 is 4. The summed E-state index contributed by atoms with van der Waals surface area (Å²) in [5, 5.41) is 0. The lowest BCUT2D eigenvalue weighted by atomic mass is 9.79. The van der Waals surface area contributed by atoms with Crippen molar-refractivity contribution in [2.75, 3.05) is 60.5 Å². The molecule has 0 saturated carbocycles. The van der Waals surface area contributed by atoms with Crippen molar-refractivity contribution in [3.05, 3.63) is 142 Å². The molecule has 1 amide bonds. The Hall–Kier alpha value is -6.48. The molecule has 0 spiro atoms. The maximum absolute atomic E-state index is 16.6. The first-order chi connectivity index (χ1) is 37.5. The van der Waals surface area contributed by atoms with Gasteiger partial charge in [-0.25, -0.2) is 14.2 Å². The van der Waals surface area contributed by atoms with Crippen molar-refractivity contribution < 1.29 is 56.4 Å². The highest BCUT2D eigenvalue weighted by atomic mass is 31.2. The van der Waals surface area contributed by atoms with Gasteiger partial charge in [-0.05, 0) is 106 Å². The Bertz CT molecular complexity index is 3010. The molecule has 0 radical (unpaired) electrons. The van der Waals surface area contributed by atoms with E-state index in [1.54, 1.807) is 69.0 Å². The number of likely N-dealkylation sites (tertiary alicyclic amines) is 1. The minimum atomic E-state index is -4.62. The Morgan fingerprint density at radius 1 is 0.808 bits per heavy atom. The summed E-state index contributed by atoms with van der Waals surface area (Å²) in [5.74, 6) is 0.275. The zero-order valence-corrected chi connectivity index (χ0v) is 46.8. The fourth-order valence-electron chi connectivity index (χ4n) is 10.5. The van der Waals surface area contributed by atoms with E-state index in [0.717, 1.165) is 0 Å². The quantitative estimate of drug-likeness (QED) is 0.0313. The first-order valence-electron chi connectivity index (χ1n) is 26.2. The summed E-state index contributed by atoms with van der Waals surface area (Å²) in [6.07, 6.45) is -4.51. The highest BCUT2D eigenvalue weighted by molar-refractivity contribution is 7.51. The first kappa shape index (κ1) is 57.7. The molecule has 2 aliphatic rings. The molecule has 2 saturated heterocycles. The lowest BCUT2D eigenvalue weighted by molar-refractivity contribution is -0.167. The van der Waals surface area contributed by atoms with Crippen molar-refractivity contribution in [1.82, 2.24) is 29.1 Å². The lowest BCUT2D eigenvalue weighted by Crippen LogP contribution is -2.52. The number of ketones is 1. The number of rotatable bonds is 25. The second-order valence-electron chi connectivity index (χ2n) is 20.1. The number of amides is 1. The van der Waals surface area contributed by atoms with Gasteiger partial charge in [-0.2, -0.15) is 4.98 Å². The van der Waals surface area contributed by atoms with Crippen LogP contribution in [0.4, 0.5) is 5.95 Å². The SMILES string of the molecule is COCCO[C@@H]1[C@H](OP(=O)(OC[C@@H]2CCCN2C(=O)c2ccc(OC)cc2)N(C(C)C)C(C)C)[C@@H](C(OC(c2ccccc2)(c2ccc(OC)cc2)c2ccc(OC)cc2)C(=O)C(C)C)O[C@H]1n1cnc2c(=O)[nH]c(N)nc21. The second-order valence-corrected chi connectivity index (χ2v) is 22.0. The third-order valence-corrected chi connectivity index (χ3v) is 16.6. The van der Waals surface area contributed by atoms with E-state index in [1.807, 2.05) is 107 Å². The zero-order valence-electron chi connectivity index (χ0n) is 45.9. The van der Waals surface area contributed by atoms with Crippen LogP contribution < -0.4 is 25.5 Å². The summed E-state index contributed by atoms with van der Waals surface area (Å²) in [6.45, 7) is 11.4. The van der Waals surface area contributed by atoms with E-state index in [9.17, 15) is 9.59 Å². The number of Topliss-reactive ketones (excluding diaryl/α,β-unsaturated/α-hetero) is 1. The van der Waals surface area contributed by atoms with E-state index in [2.05, 4.69) is 15.0 Å². The fraction of sp³-hybridized carbons (Fsp3) is 0.456. The largest absolute Gasteiger partial charge is 0.497 e. The van der Waals surface area contributed by atoms with Crippen LogP contribution in [0.3, 0.4) is 0 Å². The smallest absolute Gasteiger partial charge is 0.409 e. The van der Waals surface area contributed by atoms with E-state index in [0.29, 0.717) is 58.9 Å². The number of nitrogens with zero attached hydrogens (tertiary/aromatic N) is 5. The van der Waals surface area contributed by atoms with Crippen molar-refractivity contribution in [2.24, 2.45) is 5.92 Å². The van der Waals surface area contributed by atoms with Crippen molar-refractivity contribution in [3.63, 3.8) is 0 Å². The van der Waals surface area contributed by atoms with Gasteiger partial charge in [0, 0.05) is 37.2 Å². The van der Waals surface area contributed by atoms with E-state index < -0.39 is 79.4 Å². The van der Waals surface area contributed by atoms with Crippen molar-refractivity contribution >= 4 is 36.5 Å². The predicted molar refractivity (Wildman–Crippen MR) is 293 cm³/mol. The first-order valence-corrected chi connectivity index (χ1v) is 27.7. The molecule has 2 aliphatic heterocycles. The predicted octanol–water partition coefficient (Wildman–Crippen LogP) is 8.19. The summed E-state index contributed by atoms with van der Waals surface area (Å²) < 4.78 is 77.6. The van der Waals surface area contributed by atoms with Gasteiger partial charge in [-0.3, -0.25) is 33.0 Å². The highest BCUT2D eigenvalue weighted by Crippen LogP contribution is 2.59. The van der Waals surface area contributed by atoms with Crippen LogP contribution >= 0.6 is 7.75 Å². The van der Waals surface area contributed by atoms with Crippen LogP contribution in [-0.4, -0.2) is 138 Å². The Morgan fingerprint density at radius 2 is 1.38 bits per heavy atom. The van der Waals surface area contributed by atoms with E-state index >= 15 is 9.36 Å². The fourth-order valence-corrected chi connectivity index (χ4v) is 12.8. The Labute approximate surface area is 455 Å². The number of imidazole rings is 1. The second kappa shape index (κ2) is 25.1. The average Bonchev–Trinajstić information content (AvgIpc) is 4.36. The van der Waals surface area contributed by atoms with Crippen LogP contribution in [-0.2, 0) is 43.0 Å². The van der Waals surface area contributed by atoms with Gasteiger partial charge < -0.3 is 43.8 Å². The zero-order chi connectivity index (χ0) is 55.9. The third-order valence-electron chi connectivity index (χ3n) is 14.2. The summed E-state index contributed by atoms with van der Waals surface area (Å²) in [6, 6.07) is 29.7. The summed E-state index contributed by atoms with van der Waals surface area (Å²) in [4.78, 5) is 56.3. The number of carbonyl (C=O) groups excluding carboxylic acids is 2. The minimum absolute atomic E-state index is 0.0389. The average molecular weight is 1090 g/mol. The number of hydrogen-bond acceptors (Lipinski definition) is 16. The number of carbonyl (C=O) groups is 2. The third kappa shape index (κ3) is 11.9. The number of benzene rings is 4. The molecular weight excluding hydrogens is 1020 g/mol. The number of aromatic amines is 1. The topological polar surface area (TPSA) is 230 Å². The van der Waals surface area contributed by atoms with Crippen molar-refractivity contribution in [1.29, 1.82) is 0 Å². The summed E-state index contributed by atoms with van der Waals surface area (Å²) >= 11 is 0. The normalized spacial score (nSPS) is 20.0. The van der Waals surface area contributed by atoms with Gasteiger partial charge in [0.25, 0.3) is 11.5 Å². The van der Waals surface area contributed by atoms with Crippen LogP contribution in [0.25, 0.3) is 11.2 Å². The molecule has 3 N–H and O–H groups in total. The lowest BCUT2D eigenvalue weighted by Gasteiger charge is -2.42. The number of anilines is 1. The molecule has 418 valence electrons. The Balaban J connectivity index is 1.33. The van der Waals surface area contributed by atoms with Crippen molar-refractivity contribution in [2.45, 2.75) is 109 Å². The van der Waals surface area contributed by atoms with Crippen LogP contribution in [0, 0.1) is 5.92 Å². The molecule has 8 rings (SSSR count). The van der Waals surface area contributed by atoms with Gasteiger partial charge in [0.2, 0.25) is 5.95 Å². The van der Waals surface area contributed by atoms with E-state index in [4.69, 9.17) is 47.9 Å². The molecule has 0 bridgehead atoms. The molecule has 2 unspecified atom stereocenters. The Kier molecular flexibility index (Phi) is 18.6. The molecule has 2 aromatic heterocycles. The number of nitrogens with two attached hydrogens (primary N) is 1. The number of aromatic nitrogens is 4. The molecule has 4 aromatic carbocycles. The molecule has 4 heterocycles. The number of hydrogen-bond donors (Lipinski definition) is 2. The maximum Gasteiger partial charge on any atom is 0.409 e. The standard InChI is InChI=1S/C57H72N7O13P/c1-35(2)47(65)48(76-57(39-15-12-11-13-16-39,40-20-26-44(71-9)27-21-40)41-22-28-45(72-10)29-23-41)49-50(51(73-32-31-69-7)55(75-49)63-34-59-46-52(63)60-56(58)61-53(46)66)77-78(68,64(36(3)4)37(5)6)74-33-42-17-14-30-62(42)54(67)38-18-24-43(70-8)25-19-38/h11-13,15-16,18-29,34-37,42,48-51,55H,14,17,30-33H2,1-10H3,(H3,58,60,61,66)/t42-,48?,49+,50+,51+,55+,78?/m0/s1. The number of nitrogen functional groups attached to an aromatic ring is 1. The molecular formula is C57H72N7O13P. The van der Waals surface area contributed by atoms with Gasteiger partial charge in [-0.15, -0.1) is 0 Å². The molecule has 2 fully saturated rings. The molecule has 20 nitrogen and oxygen atoms in total. The number of fused-ring (bicyclic) bond motifs is 1. The highest BCUT2D eigenvalue weighted by Gasteiger charge is 2.58. The Morgan fingerprint density at radius 3 is 1.94 bits per heavy atom. The van der Waals surface area contributed by atoms with E-state index in [1.165, 1.54) is 18.0 Å². The number of ether oxygens (including phenoxy) is 7. The van der Waals surface area contributed by atoms with Gasteiger partial charge >= 0.3 is 7.75 Å². The van der Waals surface area contributed by atoms with E-state index in [-0.39, 0.29) is 42.8 Å². The minimum Gasteiger partial charge on any atom is -0.497 e. The molecule has 7 atom stereocenters. The summed E-state index contributed by atoms with van der Waals surface area (Å²) in [7, 11) is 1.61. The number of H-pyrrole nitrogens is 1. The molecule has 0 aliphatic carbocycles. The van der Waals surface area contributed by atoms with Gasteiger partial charge in [-0.1, -0.05) is 68.4 Å². The molecule has 21 heteroatoms. The molecule has 78 heavy (non-hydrogen) atoms.